The van der Waals surface area contributed by atoms with Gasteiger partial charge in [-0.3, -0.25) is 4.99 Å². The SMILES string of the molecule is Clc1ccc(C=Nc2cccc(-c3ncon3)c2)cc1. The molecule has 0 aliphatic rings. The van der Waals surface area contributed by atoms with E-state index in [1.165, 1.54) is 6.39 Å². The van der Waals surface area contributed by atoms with Crippen molar-refractivity contribution < 1.29 is 4.52 Å². The van der Waals surface area contributed by atoms with E-state index in [-0.39, 0.29) is 0 Å². The highest BCUT2D eigenvalue weighted by Gasteiger charge is 2.02. The average Bonchev–Trinajstić information content (AvgIpc) is 3.01. The summed E-state index contributed by atoms with van der Waals surface area (Å²) in [4.78, 5) is 8.43. The fourth-order valence-corrected chi connectivity index (χ4v) is 1.85. The second kappa shape index (κ2) is 5.67. The standard InChI is InChI=1S/C15H10ClN3O/c16-13-6-4-11(5-7-13)9-17-14-3-1-2-12(8-14)15-18-10-20-19-15/h1-10H. The van der Waals surface area contributed by atoms with Crippen LogP contribution in [0.25, 0.3) is 11.4 Å². The number of aromatic nitrogens is 2. The van der Waals surface area contributed by atoms with Crippen molar-refractivity contribution >= 4 is 23.5 Å². The van der Waals surface area contributed by atoms with Gasteiger partial charge in [0.2, 0.25) is 12.2 Å². The minimum atomic E-state index is 0.550. The first-order valence-corrected chi connectivity index (χ1v) is 6.35. The van der Waals surface area contributed by atoms with Crippen LogP contribution in [0.2, 0.25) is 5.02 Å². The van der Waals surface area contributed by atoms with Crippen molar-refractivity contribution in [3.05, 3.63) is 65.5 Å². The average molecular weight is 284 g/mol. The van der Waals surface area contributed by atoms with Crippen LogP contribution in [0.1, 0.15) is 5.56 Å². The summed E-state index contributed by atoms with van der Waals surface area (Å²) in [5, 5.41) is 4.51. The maximum atomic E-state index is 5.84. The van der Waals surface area contributed by atoms with Crippen molar-refractivity contribution in [3.8, 4) is 11.4 Å². The van der Waals surface area contributed by atoms with Gasteiger partial charge in [0.1, 0.15) is 0 Å². The molecule has 1 heterocycles. The summed E-state index contributed by atoms with van der Waals surface area (Å²) in [5.41, 5.74) is 2.67. The Balaban J connectivity index is 1.84. The molecule has 3 aromatic rings. The molecule has 0 unspecified atom stereocenters. The number of rotatable bonds is 3. The van der Waals surface area contributed by atoms with Gasteiger partial charge in [-0.05, 0) is 29.8 Å². The van der Waals surface area contributed by atoms with E-state index in [1.807, 2.05) is 48.5 Å². The molecule has 4 nitrogen and oxygen atoms in total. The van der Waals surface area contributed by atoms with E-state index >= 15 is 0 Å². The maximum Gasteiger partial charge on any atom is 0.214 e. The molecule has 0 radical (unpaired) electrons. The first-order chi connectivity index (χ1) is 9.81. The Morgan fingerprint density at radius 1 is 1.10 bits per heavy atom. The molecule has 0 saturated heterocycles. The first-order valence-electron chi connectivity index (χ1n) is 5.98. The number of hydrogen-bond donors (Lipinski definition) is 0. The van der Waals surface area contributed by atoms with Crippen molar-refractivity contribution in [1.82, 2.24) is 10.1 Å². The van der Waals surface area contributed by atoms with Gasteiger partial charge >= 0.3 is 0 Å². The number of nitrogens with zero attached hydrogens (tertiary/aromatic N) is 3. The summed E-state index contributed by atoms with van der Waals surface area (Å²) in [7, 11) is 0. The van der Waals surface area contributed by atoms with E-state index in [0.29, 0.717) is 10.8 Å². The number of halogens is 1. The highest BCUT2D eigenvalue weighted by molar-refractivity contribution is 6.30. The van der Waals surface area contributed by atoms with Gasteiger partial charge in [0.05, 0.1) is 5.69 Å². The molecule has 0 spiro atoms. The van der Waals surface area contributed by atoms with Crippen LogP contribution in [-0.2, 0) is 0 Å². The zero-order chi connectivity index (χ0) is 13.8. The Labute approximate surface area is 120 Å². The molecule has 0 aliphatic heterocycles. The van der Waals surface area contributed by atoms with Crippen LogP contribution in [0.15, 0.2) is 64.4 Å². The molecule has 1 aromatic heterocycles. The van der Waals surface area contributed by atoms with Crippen LogP contribution in [0.5, 0.6) is 0 Å². The van der Waals surface area contributed by atoms with Crippen molar-refractivity contribution in [1.29, 1.82) is 0 Å². The van der Waals surface area contributed by atoms with E-state index in [2.05, 4.69) is 15.1 Å². The van der Waals surface area contributed by atoms with Crippen molar-refractivity contribution in [2.24, 2.45) is 4.99 Å². The number of benzene rings is 2. The number of aliphatic imine (C=N–C) groups is 1. The zero-order valence-electron chi connectivity index (χ0n) is 10.4. The van der Waals surface area contributed by atoms with Gasteiger partial charge in [-0.15, -0.1) is 0 Å². The van der Waals surface area contributed by atoms with Crippen LogP contribution >= 0.6 is 11.6 Å². The lowest BCUT2D eigenvalue weighted by molar-refractivity contribution is 0.419. The molecule has 0 saturated carbocycles. The Morgan fingerprint density at radius 2 is 1.95 bits per heavy atom. The number of hydrogen-bond acceptors (Lipinski definition) is 4. The van der Waals surface area contributed by atoms with E-state index < -0.39 is 0 Å². The second-order valence-corrected chi connectivity index (χ2v) is 4.55. The summed E-state index contributed by atoms with van der Waals surface area (Å²) in [6, 6.07) is 15.1. The molecule has 0 bridgehead atoms. The summed E-state index contributed by atoms with van der Waals surface area (Å²) in [5.74, 6) is 0.550. The highest BCUT2D eigenvalue weighted by Crippen LogP contribution is 2.21. The predicted molar refractivity (Wildman–Crippen MR) is 78.4 cm³/mol. The molecular weight excluding hydrogens is 274 g/mol. The summed E-state index contributed by atoms with van der Waals surface area (Å²) >= 11 is 5.84. The first kappa shape index (κ1) is 12.6. The lowest BCUT2D eigenvalue weighted by atomic mass is 10.2. The lowest BCUT2D eigenvalue weighted by Crippen LogP contribution is -1.81. The van der Waals surface area contributed by atoms with Crippen LogP contribution in [0, 0.1) is 0 Å². The second-order valence-electron chi connectivity index (χ2n) is 4.11. The van der Waals surface area contributed by atoms with Crippen molar-refractivity contribution in [2.45, 2.75) is 0 Å². The van der Waals surface area contributed by atoms with E-state index in [1.54, 1.807) is 6.21 Å². The van der Waals surface area contributed by atoms with Crippen LogP contribution in [-0.4, -0.2) is 16.4 Å². The topological polar surface area (TPSA) is 51.3 Å². The van der Waals surface area contributed by atoms with Crippen molar-refractivity contribution in [2.75, 3.05) is 0 Å². The summed E-state index contributed by atoms with van der Waals surface area (Å²) < 4.78 is 4.74. The van der Waals surface area contributed by atoms with Crippen LogP contribution in [0.4, 0.5) is 5.69 Å². The molecule has 2 aromatic carbocycles. The Bertz CT molecular complexity index is 721. The monoisotopic (exact) mass is 283 g/mol. The van der Waals surface area contributed by atoms with Crippen LogP contribution in [0.3, 0.4) is 0 Å². The Hall–Kier alpha value is -2.46. The van der Waals surface area contributed by atoms with Gasteiger partial charge in [0.25, 0.3) is 0 Å². The molecule has 0 atom stereocenters. The Kier molecular flexibility index (Phi) is 3.56. The van der Waals surface area contributed by atoms with Gasteiger partial charge in [-0.2, -0.15) is 4.98 Å². The fraction of sp³-hybridized carbons (Fsp3) is 0. The predicted octanol–water partition coefficient (Wildman–Crippen LogP) is 4.14. The molecule has 0 N–H and O–H groups in total. The van der Waals surface area contributed by atoms with Gasteiger partial charge in [-0.25, -0.2) is 0 Å². The van der Waals surface area contributed by atoms with Crippen LogP contribution < -0.4 is 0 Å². The quantitative estimate of drug-likeness (QED) is 0.679. The van der Waals surface area contributed by atoms with Crippen molar-refractivity contribution in [3.63, 3.8) is 0 Å². The summed E-state index contributed by atoms with van der Waals surface area (Å²) in [6.45, 7) is 0. The maximum absolute atomic E-state index is 5.84. The molecule has 5 heteroatoms. The molecule has 3 rings (SSSR count). The molecule has 0 aliphatic carbocycles. The fourth-order valence-electron chi connectivity index (χ4n) is 1.72. The molecule has 0 amide bonds. The highest BCUT2D eigenvalue weighted by atomic mass is 35.5. The van der Waals surface area contributed by atoms with E-state index in [0.717, 1.165) is 16.8 Å². The Morgan fingerprint density at radius 3 is 2.70 bits per heavy atom. The largest absolute Gasteiger partial charge is 0.342 e. The molecular formula is C15H10ClN3O. The molecule has 0 fully saturated rings. The van der Waals surface area contributed by atoms with Gasteiger partial charge < -0.3 is 4.52 Å². The minimum Gasteiger partial charge on any atom is -0.342 e. The van der Waals surface area contributed by atoms with E-state index in [4.69, 9.17) is 16.1 Å². The molecule has 98 valence electrons. The minimum absolute atomic E-state index is 0.550. The zero-order valence-corrected chi connectivity index (χ0v) is 11.2. The normalized spacial score (nSPS) is 11.1. The smallest absolute Gasteiger partial charge is 0.214 e. The third-order valence-electron chi connectivity index (χ3n) is 2.70. The van der Waals surface area contributed by atoms with Gasteiger partial charge in [-0.1, -0.05) is 41.0 Å². The third-order valence-corrected chi connectivity index (χ3v) is 2.95. The third kappa shape index (κ3) is 2.92. The van der Waals surface area contributed by atoms with E-state index in [9.17, 15) is 0 Å². The lowest BCUT2D eigenvalue weighted by Gasteiger charge is -1.97. The molecule has 20 heavy (non-hydrogen) atoms. The summed E-state index contributed by atoms with van der Waals surface area (Å²) in [6.07, 6.45) is 3.09. The van der Waals surface area contributed by atoms with Gasteiger partial charge in [0.15, 0.2) is 0 Å². The van der Waals surface area contributed by atoms with Gasteiger partial charge in [0, 0.05) is 16.8 Å².